The zero-order valence-corrected chi connectivity index (χ0v) is 24.3. The maximum atomic E-state index is 14.4. The number of likely N-dealkylation sites (tertiary alicyclic amines) is 1. The Hall–Kier alpha value is -3.58. The van der Waals surface area contributed by atoms with E-state index in [2.05, 4.69) is 4.90 Å². The molecule has 3 saturated heterocycles. The lowest BCUT2D eigenvalue weighted by atomic mass is 9.82. The second-order valence-electron chi connectivity index (χ2n) is 10.9. The molecule has 1 N–H and O–H groups in total. The van der Waals surface area contributed by atoms with Gasteiger partial charge in [0.15, 0.2) is 5.54 Å². The van der Waals surface area contributed by atoms with Crippen molar-refractivity contribution in [3.8, 4) is 0 Å². The number of anilines is 1. The lowest BCUT2D eigenvalue weighted by Crippen LogP contribution is -2.54. The number of benzene rings is 2. The van der Waals surface area contributed by atoms with Crippen molar-refractivity contribution in [3.05, 3.63) is 65.2 Å². The molecule has 0 unspecified atom stereocenters. The maximum Gasteiger partial charge on any atom is 0.296 e. The molecule has 222 valence electrons. The van der Waals surface area contributed by atoms with Crippen LogP contribution < -0.4 is 4.90 Å². The molecule has 2 aromatic rings. The van der Waals surface area contributed by atoms with E-state index in [0.29, 0.717) is 63.7 Å². The van der Waals surface area contributed by atoms with E-state index in [4.69, 9.17) is 4.74 Å². The summed E-state index contributed by atoms with van der Waals surface area (Å²) in [5, 5.41) is 11.7. The summed E-state index contributed by atoms with van der Waals surface area (Å²) in [6.07, 6.45) is 1.60. The standard InChI is InChI=1S/C30H34N4O7S/c1-2-33-24-8-4-3-7-23(24)30(29(33)38)25(27(36)28(37)34(30)16-15-31-17-19-41-20-18-31)26(35)21-9-11-22(12-10-21)42(39,40)32-13-5-6-14-32/h3-4,7-12,35H,2,5-6,13-20H2,1H3/t30-/m0/s1. The summed E-state index contributed by atoms with van der Waals surface area (Å²) in [7, 11) is -3.70. The second-order valence-corrected chi connectivity index (χ2v) is 12.8. The summed E-state index contributed by atoms with van der Waals surface area (Å²) in [6, 6.07) is 12.6. The summed E-state index contributed by atoms with van der Waals surface area (Å²) < 4.78 is 33.0. The fraction of sp³-hybridized carbons (Fsp3) is 0.433. The number of Topliss-reactive ketones (excluding diaryl/α,β-unsaturated/α-hetero) is 1. The van der Waals surface area contributed by atoms with Gasteiger partial charge in [-0.2, -0.15) is 4.31 Å². The van der Waals surface area contributed by atoms with E-state index in [9.17, 15) is 27.9 Å². The molecule has 2 amide bonds. The van der Waals surface area contributed by atoms with E-state index >= 15 is 0 Å². The van der Waals surface area contributed by atoms with Crippen molar-refractivity contribution < 1.29 is 32.6 Å². The third kappa shape index (κ3) is 4.27. The molecule has 2 aromatic carbocycles. The van der Waals surface area contributed by atoms with E-state index in [1.807, 2.05) is 6.92 Å². The van der Waals surface area contributed by atoms with Crippen LogP contribution in [0.1, 0.15) is 30.9 Å². The first-order valence-electron chi connectivity index (χ1n) is 14.3. The monoisotopic (exact) mass is 594 g/mol. The molecular weight excluding hydrogens is 560 g/mol. The largest absolute Gasteiger partial charge is 0.507 e. The number of hydrogen-bond acceptors (Lipinski definition) is 8. The van der Waals surface area contributed by atoms with Crippen LogP contribution in [0.4, 0.5) is 5.69 Å². The Bertz CT molecular complexity index is 1560. The number of carbonyl (C=O) groups excluding carboxylic acids is 3. The Kier molecular flexibility index (Phi) is 7.42. The average Bonchev–Trinajstić information content (AvgIpc) is 3.70. The number of carbonyl (C=O) groups is 3. The minimum atomic E-state index is -3.70. The van der Waals surface area contributed by atoms with Gasteiger partial charge in [0.2, 0.25) is 10.0 Å². The highest BCUT2D eigenvalue weighted by atomic mass is 32.2. The van der Waals surface area contributed by atoms with Crippen LogP contribution in [0, 0.1) is 0 Å². The van der Waals surface area contributed by atoms with Crippen LogP contribution in [0.3, 0.4) is 0 Å². The quantitative estimate of drug-likeness (QED) is 0.292. The van der Waals surface area contributed by atoms with Crippen molar-refractivity contribution in [1.82, 2.24) is 14.1 Å². The molecule has 4 heterocycles. The summed E-state index contributed by atoms with van der Waals surface area (Å²) in [6.45, 7) is 5.96. The van der Waals surface area contributed by atoms with Gasteiger partial charge >= 0.3 is 0 Å². The van der Waals surface area contributed by atoms with Crippen LogP contribution in [-0.2, 0) is 34.7 Å². The summed E-state index contributed by atoms with van der Waals surface area (Å²) >= 11 is 0. The van der Waals surface area contributed by atoms with Gasteiger partial charge in [-0.3, -0.25) is 19.3 Å². The van der Waals surface area contributed by atoms with Crippen LogP contribution in [0.2, 0.25) is 0 Å². The average molecular weight is 595 g/mol. The topological polar surface area (TPSA) is 128 Å². The fourth-order valence-electron chi connectivity index (χ4n) is 6.55. The van der Waals surface area contributed by atoms with Gasteiger partial charge in [-0.05, 0) is 50.1 Å². The predicted molar refractivity (Wildman–Crippen MR) is 154 cm³/mol. The molecule has 0 aliphatic carbocycles. The molecule has 3 fully saturated rings. The summed E-state index contributed by atoms with van der Waals surface area (Å²) in [5.74, 6) is -2.82. The number of nitrogens with zero attached hydrogens (tertiary/aromatic N) is 4. The van der Waals surface area contributed by atoms with Crippen molar-refractivity contribution in [2.45, 2.75) is 30.2 Å². The highest BCUT2D eigenvalue weighted by molar-refractivity contribution is 7.89. The molecule has 12 heteroatoms. The molecule has 42 heavy (non-hydrogen) atoms. The highest BCUT2D eigenvalue weighted by Gasteiger charge is 2.66. The van der Waals surface area contributed by atoms with Gasteiger partial charge in [-0.25, -0.2) is 8.42 Å². The van der Waals surface area contributed by atoms with Gasteiger partial charge in [0.1, 0.15) is 5.76 Å². The molecule has 0 radical (unpaired) electrons. The number of ketones is 1. The number of likely N-dealkylation sites (N-methyl/N-ethyl adjacent to an activating group) is 1. The Labute approximate surface area is 245 Å². The molecule has 0 saturated carbocycles. The van der Waals surface area contributed by atoms with Gasteiger partial charge in [-0.15, -0.1) is 0 Å². The zero-order valence-electron chi connectivity index (χ0n) is 23.5. The number of para-hydroxylation sites is 1. The lowest BCUT2D eigenvalue weighted by Gasteiger charge is -2.36. The number of amides is 2. The van der Waals surface area contributed by atoms with Crippen LogP contribution >= 0.6 is 0 Å². The SMILES string of the molecule is CCN1C(=O)[C@@]2(C(=C(O)c3ccc(S(=O)(=O)N4CCCC4)cc3)C(=O)C(=O)N2CCN2CCOCC2)c2ccccc21. The Morgan fingerprint density at radius 3 is 2.26 bits per heavy atom. The van der Waals surface area contributed by atoms with E-state index in [0.717, 1.165) is 12.8 Å². The highest BCUT2D eigenvalue weighted by Crippen LogP contribution is 2.53. The van der Waals surface area contributed by atoms with E-state index in [-0.39, 0.29) is 22.6 Å². The van der Waals surface area contributed by atoms with Crippen LogP contribution in [0.15, 0.2) is 59.0 Å². The number of hydrogen-bond donors (Lipinski definition) is 1. The van der Waals surface area contributed by atoms with Crippen LogP contribution in [0.5, 0.6) is 0 Å². The molecule has 1 atom stereocenters. The molecule has 6 rings (SSSR count). The van der Waals surface area contributed by atoms with Gasteiger partial charge in [0, 0.05) is 56.9 Å². The van der Waals surface area contributed by atoms with Crippen LogP contribution in [-0.4, -0.2) is 104 Å². The predicted octanol–water partition coefficient (Wildman–Crippen LogP) is 1.75. The minimum absolute atomic E-state index is 0.0704. The van der Waals surface area contributed by atoms with E-state index in [1.165, 1.54) is 38.4 Å². The van der Waals surface area contributed by atoms with Gasteiger partial charge in [-0.1, -0.05) is 18.2 Å². The third-order valence-electron chi connectivity index (χ3n) is 8.70. The van der Waals surface area contributed by atoms with E-state index in [1.54, 1.807) is 24.3 Å². The maximum absolute atomic E-state index is 14.4. The van der Waals surface area contributed by atoms with Crippen molar-refractivity contribution >= 4 is 39.1 Å². The van der Waals surface area contributed by atoms with Gasteiger partial charge < -0.3 is 19.6 Å². The first-order chi connectivity index (χ1) is 20.2. The number of aliphatic hydroxyl groups excluding tert-OH is 1. The second kappa shape index (κ2) is 10.9. The molecule has 0 aromatic heterocycles. The number of rotatable bonds is 7. The Morgan fingerprint density at radius 1 is 0.929 bits per heavy atom. The van der Waals surface area contributed by atoms with Gasteiger partial charge in [0.25, 0.3) is 17.6 Å². The fourth-order valence-corrected chi connectivity index (χ4v) is 8.07. The summed E-state index contributed by atoms with van der Waals surface area (Å²) in [4.78, 5) is 46.9. The number of fused-ring (bicyclic) bond motifs is 2. The van der Waals surface area contributed by atoms with Gasteiger partial charge in [0.05, 0.1) is 29.4 Å². The number of sulfonamides is 1. The zero-order chi connectivity index (χ0) is 29.6. The molecule has 4 aliphatic heterocycles. The first kappa shape index (κ1) is 28.5. The minimum Gasteiger partial charge on any atom is -0.507 e. The molecular formula is C30H34N4O7S. The number of morpholine rings is 1. The molecule has 11 nitrogen and oxygen atoms in total. The van der Waals surface area contributed by atoms with Crippen LogP contribution in [0.25, 0.3) is 5.76 Å². The summed E-state index contributed by atoms with van der Waals surface area (Å²) in [5.41, 5.74) is -0.995. The first-order valence-corrected chi connectivity index (χ1v) is 15.8. The van der Waals surface area contributed by atoms with Crippen molar-refractivity contribution in [2.24, 2.45) is 0 Å². The number of ether oxygens (including phenoxy) is 1. The molecule has 1 spiro atoms. The van der Waals surface area contributed by atoms with Crippen molar-refractivity contribution in [3.63, 3.8) is 0 Å². The molecule has 0 bridgehead atoms. The van der Waals surface area contributed by atoms with E-state index < -0.39 is 38.9 Å². The number of aliphatic hydroxyl groups is 1. The molecule has 4 aliphatic rings. The lowest BCUT2D eigenvalue weighted by molar-refractivity contribution is -0.144. The smallest absolute Gasteiger partial charge is 0.296 e. The normalized spacial score (nSPS) is 24.7. The van der Waals surface area contributed by atoms with Crippen molar-refractivity contribution in [2.75, 3.05) is 63.9 Å². The van der Waals surface area contributed by atoms with Crippen molar-refractivity contribution in [1.29, 1.82) is 0 Å². The Balaban J connectivity index is 1.47. The Morgan fingerprint density at radius 2 is 1.60 bits per heavy atom. The third-order valence-corrected chi connectivity index (χ3v) is 10.6.